The Morgan fingerprint density at radius 2 is 1.00 bits per heavy atom. The second-order valence-electron chi connectivity index (χ2n) is 14.2. The maximum Gasteiger partial charge on any atom is 0.276 e. The highest BCUT2D eigenvalue weighted by Gasteiger charge is 2.52. The first kappa shape index (κ1) is 41.3. The van der Waals surface area contributed by atoms with Crippen molar-refractivity contribution >= 4 is 23.7 Å². The summed E-state index contributed by atoms with van der Waals surface area (Å²) in [6, 6.07) is 3.95. The van der Waals surface area contributed by atoms with Crippen LogP contribution in [0, 0.1) is 46.1 Å². The topological polar surface area (TPSA) is 190 Å². The lowest BCUT2D eigenvalue weighted by molar-refractivity contribution is -0.154. The van der Waals surface area contributed by atoms with Crippen LogP contribution in [0.15, 0.2) is 49.6 Å². The summed E-state index contributed by atoms with van der Waals surface area (Å²) < 4.78 is 96.7. The second kappa shape index (κ2) is 17.2. The Bertz CT molecular complexity index is 2150. The predicted molar refractivity (Wildman–Crippen MR) is 194 cm³/mol. The lowest BCUT2D eigenvalue weighted by Crippen LogP contribution is -2.55. The average Bonchev–Trinajstić information content (AvgIpc) is 3.60. The molecule has 0 aromatic carbocycles. The largest absolute Gasteiger partial charge is 0.490 e. The van der Waals surface area contributed by atoms with Crippen LogP contribution in [0.4, 0.5) is 38.2 Å². The lowest BCUT2D eigenvalue weighted by Gasteiger charge is -2.39. The van der Waals surface area contributed by atoms with E-state index in [1.54, 1.807) is 0 Å². The molecule has 0 bridgehead atoms. The van der Waals surface area contributed by atoms with Crippen molar-refractivity contribution in [2.24, 2.45) is 11.8 Å². The molecule has 2 fully saturated rings. The number of carbonyl (C=O) groups is 2. The standard InChI is InChI=1S/2C19H17F3N6O2/c2*20-14-8-25-18(26-9-14)28-2-1-15(19(21,22)11-28)17(29)27-3-4-30-16-12(5-23)6-24-7-13(16)10-27/h2*6-9,15H,1-4,10-11H2/t2*15-/m10/s1. The molecule has 4 aliphatic rings. The van der Waals surface area contributed by atoms with E-state index in [1.165, 1.54) is 44.4 Å². The van der Waals surface area contributed by atoms with E-state index in [0.717, 1.165) is 24.8 Å². The van der Waals surface area contributed by atoms with Gasteiger partial charge in [0.25, 0.3) is 11.8 Å². The van der Waals surface area contributed by atoms with Crippen LogP contribution in [-0.2, 0) is 22.7 Å². The van der Waals surface area contributed by atoms with Crippen LogP contribution < -0.4 is 19.3 Å². The summed E-state index contributed by atoms with van der Waals surface area (Å²) in [5, 5.41) is 18.4. The van der Waals surface area contributed by atoms with E-state index in [1.807, 2.05) is 12.1 Å². The predicted octanol–water partition coefficient (Wildman–Crippen LogP) is 3.53. The molecule has 4 aliphatic heterocycles. The van der Waals surface area contributed by atoms with E-state index >= 15 is 0 Å². The zero-order valence-corrected chi connectivity index (χ0v) is 31.5. The Hall–Kier alpha value is -6.84. The zero-order chi connectivity index (χ0) is 42.6. The van der Waals surface area contributed by atoms with Gasteiger partial charge >= 0.3 is 0 Å². The van der Waals surface area contributed by atoms with Crippen LogP contribution in [0.2, 0.25) is 0 Å². The molecule has 8 heterocycles. The highest BCUT2D eigenvalue weighted by atomic mass is 19.3. The maximum atomic E-state index is 14.9. The Kier molecular flexibility index (Phi) is 11.8. The Morgan fingerprint density at radius 1 is 0.617 bits per heavy atom. The lowest BCUT2D eigenvalue weighted by atomic mass is 9.91. The fourth-order valence-electron chi connectivity index (χ4n) is 7.38. The van der Waals surface area contributed by atoms with Crippen molar-refractivity contribution in [2.75, 3.05) is 62.3 Å². The molecule has 0 saturated carbocycles. The number of carbonyl (C=O) groups excluding carboxylic acids is 2. The number of halogens is 6. The number of anilines is 2. The van der Waals surface area contributed by atoms with Crippen LogP contribution in [0.25, 0.3) is 0 Å². The summed E-state index contributed by atoms with van der Waals surface area (Å²) in [4.78, 5) is 54.0. The number of pyridine rings is 2. The van der Waals surface area contributed by atoms with Gasteiger partial charge in [0.05, 0.1) is 64.1 Å². The van der Waals surface area contributed by atoms with Crippen LogP contribution in [-0.4, -0.2) is 116 Å². The number of amides is 2. The molecular weight excluding hydrogens is 802 g/mol. The van der Waals surface area contributed by atoms with Gasteiger partial charge in [-0.05, 0) is 12.8 Å². The number of piperidine rings is 2. The van der Waals surface area contributed by atoms with Crippen LogP contribution in [0.5, 0.6) is 11.5 Å². The minimum absolute atomic E-state index is 0.00539. The SMILES string of the molecule is N#Cc1cncc2c1OCCN(C(=O)[C@@H]1CCN(c3ncc(F)cn3)CC1(F)F)C2.N#Cc1cncc2c1OCCN(C(=O)[C@H]1CCN(c3ncc(F)cn3)CC1(F)F)C2. The normalized spacial score (nSPS) is 20.5. The molecule has 0 radical (unpaired) electrons. The van der Waals surface area contributed by atoms with Gasteiger partial charge in [-0.15, -0.1) is 0 Å². The third-order valence-electron chi connectivity index (χ3n) is 10.3. The van der Waals surface area contributed by atoms with E-state index in [0.29, 0.717) is 22.6 Å². The third-order valence-corrected chi connectivity index (χ3v) is 10.3. The van der Waals surface area contributed by atoms with Gasteiger partial charge in [-0.25, -0.2) is 46.3 Å². The molecule has 0 N–H and O–H groups in total. The van der Waals surface area contributed by atoms with Crippen molar-refractivity contribution in [3.8, 4) is 23.6 Å². The summed E-state index contributed by atoms with van der Waals surface area (Å²) in [5.41, 5.74) is 1.47. The molecule has 0 aliphatic carbocycles. The first-order chi connectivity index (χ1) is 28.8. The summed E-state index contributed by atoms with van der Waals surface area (Å²) in [7, 11) is 0. The molecule has 2 amide bonds. The molecule has 4 aromatic rings. The number of nitriles is 2. The first-order valence-corrected chi connectivity index (χ1v) is 18.6. The van der Waals surface area contributed by atoms with Crippen molar-refractivity contribution in [3.05, 3.63) is 83.5 Å². The number of hydrogen-bond donors (Lipinski definition) is 0. The summed E-state index contributed by atoms with van der Waals surface area (Å²) >= 11 is 0. The number of ether oxygens (including phenoxy) is 2. The molecule has 312 valence electrons. The minimum Gasteiger partial charge on any atom is -0.490 e. The van der Waals surface area contributed by atoms with Crippen molar-refractivity contribution in [1.82, 2.24) is 39.7 Å². The van der Waals surface area contributed by atoms with Gasteiger partial charge in [0.1, 0.15) is 59.8 Å². The quantitative estimate of drug-likeness (QED) is 0.272. The Balaban J connectivity index is 0.000000181. The first-order valence-electron chi connectivity index (χ1n) is 18.6. The molecule has 0 spiro atoms. The third kappa shape index (κ3) is 8.77. The van der Waals surface area contributed by atoms with Gasteiger partial charge in [-0.3, -0.25) is 19.6 Å². The number of alkyl halides is 4. The van der Waals surface area contributed by atoms with E-state index in [4.69, 9.17) is 9.47 Å². The van der Waals surface area contributed by atoms with E-state index in [9.17, 15) is 46.5 Å². The summed E-state index contributed by atoms with van der Waals surface area (Å²) in [6.07, 6.45) is 9.09. The Labute approximate surface area is 338 Å². The number of nitrogens with zero attached hydrogens (tertiary/aromatic N) is 12. The monoisotopic (exact) mass is 836 g/mol. The molecule has 60 heavy (non-hydrogen) atoms. The van der Waals surface area contributed by atoms with Crippen LogP contribution in [0.1, 0.15) is 35.1 Å². The maximum absolute atomic E-state index is 14.9. The number of aromatic nitrogens is 6. The van der Waals surface area contributed by atoms with Crippen molar-refractivity contribution in [2.45, 2.75) is 37.8 Å². The van der Waals surface area contributed by atoms with Gasteiger partial charge in [-0.1, -0.05) is 0 Å². The van der Waals surface area contributed by atoms with Gasteiger partial charge < -0.3 is 29.1 Å². The zero-order valence-electron chi connectivity index (χ0n) is 31.5. The van der Waals surface area contributed by atoms with Crippen LogP contribution >= 0.6 is 0 Å². The average molecular weight is 837 g/mol. The highest BCUT2D eigenvalue weighted by Crippen LogP contribution is 2.38. The highest BCUT2D eigenvalue weighted by molar-refractivity contribution is 5.81. The van der Waals surface area contributed by atoms with E-state index < -0.39 is 60.2 Å². The molecule has 22 heteroatoms. The molecule has 16 nitrogen and oxygen atoms in total. The van der Waals surface area contributed by atoms with Crippen molar-refractivity contribution in [3.63, 3.8) is 0 Å². The van der Waals surface area contributed by atoms with Crippen LogP contribution in [0.3, 0.4) is 0 Å². The smallest absolute Gasteiger partial charge is 0.276 e. The van der Waals surface area contributed by atoms with Gasteiger partial charge in [0, 0.05) is 49.0 Å². The molecule has 0 unspecified atom stereocenters. The molecular formula is C38H34F6N12O4. The minimum atomic E-state index is -3.32. The summed E-state index contributed by atoms with van der Waals surface area (Å²) in [5.74, 6) is -11.7. The molecule has 2 saturated heterocycles. The van der Waals surface area contributed by atoms with Gasteiger partial charge in [0.15, 0.2) is 11.6 Å². The fraction of sp³-hybridized carbons (Fsp3) is 0.421. The Morgan fingerprint density at radius 3 is 1.35 bits per heavy atom. The number of fused-ring (bicyclic) bond motifs is 2. The van der Waals surface area contributed by atoms with Gasteiger partial charge in [0.2, 0.25) is 23.7 Å². The van der Waals surface area contributed by atoms with E-state index in [2.05, 4.69) is 29.9 Å². The van der Waals surface area contributed by atoms with E-state index in [-0.39, 0.29) is 88.3 Å². The van der Waals surface area contributed by atoms with Gasteiger partial charge in [-0.2, -0.15) is 10.5 Å². The summed E-state index contributed by atoms with van der Waals surface area (Å²) in [6.45, 7) is -0.715. The fourth-order valence-corrected chi connectivity index (χ4v) is 7.38. The van der Waals surface area contributed by atoms with Crippen molar-refractivity contribution in [1.29, 1.82) is 10.5 Å². The number of rotatable bonds is 4. The second-order valence-corrected chi connectivity index (χ2v) is 14.2. The van der Waals surface area contributed by atoms with Crippen molar-refractivity contribution < 1.29 is 45.4 Å². The molecule has 4 aromatic heterocycles. The molecule has 2 atom stereocenters. The number of hydrogen-bond acceptors (Lipinski definition) is 14. The molecule has 8 rings (SSSR count).